The molecule has 1 saturated heterocycles. The summed E-state index contributed by atoms with van der Waals surface area (Å²) in [6, 6.07) is 4.32. The van der Waals surface area contributed by atoms with Crippen LogP contribution in [0.3, 0.4) is 0 Å². The average molecular weight is 282 g/mol. The zero-order valence-electron chi connectivity index (χ0n) is 12.3. The molecule has 1 aromatic carbocycles. The maximum Gasteiger partial charge on any atom is 0.130 e. The van der Waals surface area contributed by atoms with Crippen molar-refractivity contribution >= 4 is 0 Å². The van der Waals surface area contributed by atoms with Crippen molar-refractivity contribution < 1.29 is 8.78 Å². The molecule has 1 unspecified atom stereocenters. The first-order valence-electron chi connectivity index (χ1n) is 7.44. The topological polar surface area (TPSA) is 15.3 Å². The fourth-order valence-corrected chi connectivity index (χ4v) is 2.84. The van der Waals surface area contributed by atoms with Crippen molar-refractivity contribution in [1.29, 1.82) is 0 Å². The summed E-state index contributed by atoms with van der Waals surface area (Å²) in [6.07, 6.45) is 2.19. The van der Waals surface area contributed by atoms with E-state index in [0.29, 0.717) is 24.1 Å². The summed E-state index contributed by atoms with van der Waals surface area (Å²) < 4.78 is 26.7. The van der Waals surface area contributed by atoms with Gasteiger partial charge in [-0.3, -0.25) is 4.90 Å². The van der Waals surface area contributed by atoms with Crippen LogP contribution in [0.15, 0.2) is 18.2 Å². The summed E-state index contributed by atoms with van der Waals surface area (Å²) in [6.45, 7) is 7.89. The minimum Gasteiger partial charge on any atom is -0.313 e. The summed E-state index contributed by atoms with van der Waals surface area (Å²) in [5.41, 5.74) is 0.580. The van der Waals surface area contributed by atoms with Crippen molar-refractivity contribution in [2.75, 3.05) is 19.6 Å². The molecule has 1 heterocycles. The fourth-order valence-electron chi connectivity index (χ4n) is 2.84. The molecule has 1 aromatic rings. The monoisotopic (exact) mass is 282 g/mol. The van der Waals surface area contributed by atoms with Crippen LogP contribution in [0.5, 0.6) is 0 Å². The number of nitrogens with zero attached hydrogens (tertiary/aromatic N) is 1. The van der Waals surface area contributed by atoms with Crippen molar-refractivity contribution in [3.63, 3.8) is 0 Å². The predicted molar refractivity (Wildman–Crippen MR) is 77.5 cm³/mol. The SMILES string of the molecule is CC(C)CC1CN(Cc2ccc(F)cc2F)CCCN1. The van der Waals surface area contributed by atoms with Crippen LogP contribution in [0.2, 0.25) is 0 Å². The first kappa shape index (κ1) is 15.4. The number of benzene rings is 1. The number of rotatable bonds is 4. The molecule has 1 atom stereocenters. The molecule has 0 spiro atoms. The summed E-state index contributed by atoms with van der Waals surface area (Å²) in [4.78, 5) is 2.27. The smallest absolute Gasteiger partial charge is 0.130 e. The lowest BCUT2D eigenvalue weighted by Gasteiger charge is -2.25. The van der Waals surface area contributed by atoms with Gasteiger partial charge in [-0.15, -0.1) is 0 Å². The van der Waals surface area contributed by atoms with Crippen LogP contribution in [0, 0.1) is 17.6 Å². The van der Waals surface area contributed by atoms with Gasteiger partial charge in [-0.1, -0.05) is 19.9 Å². The number of nitrogens with one attached hydrogen (secondary N) is 1. The molecule has 0 aliphatic carbocycles. The highest BCUT2D eigenvalue weighted by atomic mass is 19.1. The van der Waals surface area contributed by atoms with Gasteiger partial charge in [-0.25, -0.2) is 8.78 Å². The van der Waals surface area contributed by atoms with Gasteiger partial charge in [0.2, 0.25) is 0 Å². The second kappa shape index (κ2) is 7.14. The Bertz CT molecular complexity index is 434. The van der Waals surface area contributed by atoms with Crippen LogP contribution < -0.4 is 5.32 Å². The normalized spacial score (nSPS) is 21.1. The Hall–Kier alpha value is -1.00. The molecule has 20 heavy (non-hydrogen) atoms. The standard InChI is InChI=1S/C16H24F2N2/c1-12(2)8-15-11-20(7-3-6-19-15)10-13-4-5-14(17)9-16(13)18/h4-5,9,12,15,19H,3,6-8,10-11H2,1-2H3. The first-order chi connectivity index (χ1) is 9.54. The fraction of sp³-hybridized carbons (Fsp3) is 0.625. The van der Waals surface area contributed by atoms with Gasteiger partial charge in [0, 0.05) is 30.8 Å². The maximum absolute atomic E-state index is 13.7. The Morgan fingerprint density at radius 3 is 2.85 bits per heavy atom. The Balaban J connectivity index is 1.99. The molecule has 0 radical (unpaired) electrons. The van der Waals surface area contributed by atoms with Gasteiger partial charge in [0.05, 0.1) is 0 Å². The number of halogens is 2. The molecule has 1 aliphatic rings. The minimum atomic E-state index is -0.513. The predicted octanol–water partition coefficient (Wildman–Crippen LogP) is 3.17. The van der Waals surface area contributed by atoms with Crippen LogP contribution in [-0.4, -0.2) is 30.6 Å². The molecule has 0 aromatic heterocycles. The molecule has 0 bridgehead atoms. The van der Waals surface area contributed by atoms with Gasteiger partial charge in [0.1, 0.15) is 11.6 Å². The van der Waals surface area contributed by atoms with E-state index in [1.807, 2.05) is 0 Å². The van der Waals surface area contributed by atoms with Crippen LogP contribution in [0.25, 0.3) is 0 Å². The number of hydrogen-bond donors (Lipinski definition) is 1. The largest absolute Gasteiger partial charge is 0.313 e. The highest BCUT2D eigenvalue weighted by Gasteiger charge is 2.19. The van der Waals surface area contributed by atoms with Gasteiger partial charge >= 0.3 is 0 Å². The molecule has 0 saturated carbocycles. The van der Waals surface area contributed by atoms with E-state index in [1.54, 1.807) is 6.07 Å². The lowest BCUT2D eigenvalue weighted by Crippen LogP contribution is -2.38. The molecule has 2 nitrogen and oxygen atoms in total. The van der Waals surface area contributed by atoms with Crippen molar-refractivity contribution in [1.82, 2.24) is 10.2 Å². The van der Waals surface area contributed by atoms with E-state index in [-0.39, 0.29) is 0 Å². The Kier molecular flexibility index (Phi) is 5.49. The molecule has 1 N–H and O–H groups in total. The molecule has 2 rings (SSSR count). The number of hydrogen-bond acceptors (Lipinski definition) is 2. The summed E-state index contributed by atoms with van der Waals surface area (Å²) in [5, 5.41) is 3.56. The third kappa shape index (κ3) is 4.53. The van der Waals surface area contributed by atoms with Crippen LogP contribution >= 0.6 is 0 Å². The lowest BCUT2D eigenvalue weighted by molar-refractivity contribution is 0.244. The highest BCUT2D eigenvalue weighted by Crippen LogP contribution is 2.15. The summed E-state index contributed by atoms with van der Waals surface area (Å²) in [7, 11) is 0. The van der Waals surface area contributed by atoms with Gasteiger partial charge < -0.3 is 5.32 Å². The zero-order valence-corrected chi connectivity index (χ0v) is 12.3. The molecular weight excluding hydrogens is 258 g/mol. The van der Waals surface area contributed by atoms with Crippen molar-refractivity contribution in [3.05, 3.63) is 35.4 Å². The van der Waals surface area contributed by atoms with Crippen molar-refractivity contribution in [3.8, 4) is 0 Å². The Morgan fingerprint density at radius 2 is 2.15 bits per heavy atom. The Labute approximate surface area is 120 Å². The summed E-state index contributed by atoms with van der Waals surface area (Å²) >= 11 is 0. The quantitative estimate of drug-likeness (QED) is 0.912. The van der Waals surface area contributed by atoms with E-state index in [4.69, 9.17) is 0 Å². The lowest BCUT2D eigenvalue weighted by atomic mass is 10.0. The van der Waals surface area contributed by atoms with Crippen molar-refractivity contribution in [2.24, 2.45) is 5.92 Å². The average Bonchev–Trinajstić information content (AvgIpc) is 2.57. The third-order valence-corrected chi connectivity index (χ3v) is 3.73. The second-order valence-electron chi connectivity index (χ2n) is 6.10. The van der Waals surface area contributed by atoms with Crippen LogP contribution in [0.1, 0.15) is 32.3 Å². The molecule has 1 fully saturated rings. The Morgan fingerprint density at radius 1 is 1.35 bits per heavy atom. The van der Waals surface area contributed by atoms with Gasteiger partial charge in [0.25, 0.3) is 0 Å². The zero-order chi connectivity index (χ0) is 14.5. The van der Waals surface area contributed by atoms with Gasteiger partial charge in [0.15, 0.2) is 0 Å². The van der Waals surface area contributed by atoms with E-state index >= 15 is 0 Å². The molecular formula is C16H24F2N2. The highest BCUT2D eigenvalue weighted by molar-refractivity contribution is 5.18. The molecule has 1 aliphatic heterocycles. The van der Waals surface area contributed by atoms with E-state index < -0.39 is 11.6 Å². The van der Waals surface area contributed by atoms with E-state index in [9.17, 15) is 8.78 Å². The van der Waals surface area contributed by atoms with E-state index in [2.05, 4.69) is 24.1 Å². The van der Waals surface area contributed by atoms with E-state index in [1.165, 1.54) is 6.07 Å². The first-order valence-corrected chi connectivity index (χ1v) is 7.44. The molecule has 0 amide bonds. The minimum absolute atomic E-state index is 0.442. The van der Waals surface area contributed by atoms with Crippen LogP contribution in [0.4, 0.5) is 8.78 Å². The van der Waals surface area contributed by atoms with E-state index in [0.717, 1.165) is 38.5 Å². The summed E-state index contributed by atoms with van der Waals surface area (Å²) in [5.74, 6) is -0.306. The van der Waals surface area contributed by atoms with Gasteiger partial charge in [-0.05, 0) is 37.9 Å². The maximum atomic E-state index is 13.7. The van der Waals surface area contributed by atoms with Crippen molar-refractivity contribution in [2.45, 2.75) is 39.3 Å². The van der Waals surface area contributed by atoms with Crippen LogP contribution in [-0.2, 0) is 6.54 Å². The van der Waals surface area contributed by atoms with Gasteiger partial charge in [-0.2, -0.15) is 0 Å². The third-order valence-electron chi connectivity index (χ3n) is 3.73. The second-order valence-corrected chi connectivity index (χ2v) is 6.10. The molecule has 112 valence electrons. The molecule has 4 heteroatoms.